The topological polar surface area (TPSA) is 47.7 Å². The Bertz CT molecular complexity index is 659. The molecule has 5 heteroatoms. The first-order valence-electron chi connectivity index (χ1n) is 8.53. The van der Waals surface area contributed by atoms with Crippen LogP contribution >= 0.6 is 0 Å². The van der Waals surface area contributed by atoms with Gasteiger partial charge in [0.05, 0.1) is 20.3 Å². The van der Waals surface area contributed by atoms with Gasteiger partial charge < -0.3 is 14.0 Å². The van der Waals surface area contributed by atoms with Crippen LogP contribution in [-0.2, 0) is 6.54 Å². The van der Waals surface area contributed by atoms with Crippen molar-refractivity contribution in [3.05, 3.63) is 41.3 Å². The van der Waals surface area contributed by atoms with Gasteiger partial charge in [0.2, 0.25) is 0 Å². The minimum atomic E-state index is 0.318. The van der Waals surface area contributed by atoms with Crippen molar-refractivity contribution in [1.82, 2.24) is 10.1 Å². The van der Waals surface area contributed by atoms with Crippen molar-refractivity contribution in [3.8, 4) is 11.5 Å². The highest BCUT2D eigenvalue weighted by Gasteiger charge is 2.29. The fraction of sp³-hybridized carbons (Fsp3) is 0.526. The second-order valence-electron chi connectivity index (χ2n) is 6.66. The highest BCUT2D eigenvalue weighted by molar-refractivity contribution is 5.38. The zero-order valence-corrected chi connectivity index (χ0v) is 14.9. The first kappa shape index (κ1) is 16.8. The Morgan fingerprint density at radius 2 is 1.88 bits per heavy atom. The molecular formula is C19H26N2O3. The van der Waals surface area contributed by atoms with E-state index >= 15 is 0 Å². The van der Waals surface area contributed by atoms with Gasteiger partial charge in [-0.1, -0.05) is 19.0 Å². The lowest BCUT2D eigenvalue weighted by atomic mass is 10.1. The standard InChI is InChI=1S/C19H26N2O3/c1-13(2)19-11-17(20-24-19)18-6-5-7-21(18)12-14-8-15(22-3)10-16(9-14)23-4/h8-11,13,18H,5-7,12H2,1-4H3. The summed E-state index contributed by atoms with van der Waals surface area (Å²) in [5, 5.41) is 4.31. The van der Waals surface area contributed by atoms with Crippen LogP contribution in [0.1, 0.15) is 55.7 Å². The third kappa shape index (κ3) is 3.56. The first-order valence-corrected chi connectivity index (χ1v) is 8.53. The Hall–Kier alpha value is -2.01. The molecule has 1 fully saturated rings. The Morgan fingerprint density at radius 1 is 1.17 bits per heavy atom. The fourth-order valence-corrected chi connectivity index (χ4v) is 3.28. The van der Waals surface area contributed by atoms with Crippen LogP contribution in [0, 0.1) is 0 Å². The second-order valence-corrected chi connectivity index (χ2v) is 6.66. The summed E-state index contributed by atoms with van der Waals surface area (Å²) in [7, 11) is 3.36. The molecule has 130 valence electrons. The van der Waals surface area contributed by atoms with Gasteiger partial charge in [0.15, 0.2) is 0 Å². The van der Waals surface area contributed by atoms with Crippen LogP contribution in [-0.4, -0.2) is 30.8 Å². The van der Waals surface area contributed by atoms with E-state index in [4.69, 9.17) is 14.0 Å². The quantitative estimate of drug-likeness (QED) is 0.796. The largest absolute Gasteiger partial charge is 0.497 e. The Balaban J connectivity index is 1.78. The van der Waals surface area contributed by atoms with Gasteiger partial charge in [0.25, 0.3) is 0 Å². The van der Waals surface area contributed by atoms with E-state index in [2.05, 4.69) is 42.1 Å². The highest BCUT2D eigenvalue weighted by Crippen LogP contribution is 2.34. The number of methoxy groups -OCH3 is 2. The van der Waals surface area contributed by atoms with E-state index < -0.39 is 0 Å². The molecule has 1 aromatic carbocycles. The van der Waals surface area contributed by atoms with Crippen molar-refractivity contribution in [3.63, 3.8) is 0 Å². The minimum absolute atomic E-state index is 0.318. The van der Waals surface area contributed by atoms with Gasteiger partial charge in [0.1, 0.15) is 23.0 Å². The number of benzene rings is 1. The van der Waals surface area contributed by atoms with Crippen LogP contribution in [0.2, 0.25) is 0 Å². The van der Waals surface area contributed by atoms with E-state index in [9.17, 15) is 0 Å². The van der Waals surface area contributed by atoms with Gasteiger partial charge in [-0.3, -0.25) is 4.90 Å². The maximum atomic E-state index is 5.49. The zero-order chi connectivity index (χ0) is 17.1. The van der Waals surface area contributed by atoms with Crippen LogP contribution in [0.4, 0.5) is 0 Å². The van der Waals surface area contributed by atoms with Crippen molar-refractivity contribution in [2.75, 3.05) is 20.8 Å². The smallest absolute Gasteiger partial charge is 0.139 e. The lowest BCUT2D eigenvalue weighted by Gasteiger charge is -2.23. The molecule has 5 nitrogen and oxygen atoms in total. The molecule has 1 aromatic heterocycles. The van der Waals surface area contributed by atoms with Gasteiger partial charge in [-0.05, 0) is 37.1 Å². The number of rotatable bonds is 6. The molecule has 0 N–H and O–H groups in total. The monoisotopic (exact) mass is 330 g/mol. The summed E-state index contributed by atoms with van der Waals surface area (Å²) in [6, 6.07) is 8.47. The summed E-state index contributed by atoms with van der Waals surface area (Å²) >= 11 is 0. The zero-order valence-electron chi connectivity index (χ0n) is 14.9. The van der Waals surface area contributed by atoms with Gasteiger partial charge in [-0.25, -0.2) is 0 Å². The summed E-state index contributed by atoms with van der Waals surface area (Å²) < 4.78 is 16.2. The maximum Gasteiger partial charge on any atom is 0.139 e. The molecule has 2 heterocycles. The molecule has 0 aliphatic carbocycles. The van der Waals surface area contributed by atoms with Crippen LogP contribution in [0.5, 0.6) is 11.5 Å². The predicted octanol–water partition coefficient (Wildman–Crippen LogP) is 4.15. The Morgan fingerprint density at radius 3 is 2.46 bits per heavy atom. The van der Waals surface area contributed by atoms with Gasteiger partial charge in [-0.2, -0.15) is 0 Å². The molecule has 0 amide bonds. The van der Waals surface area contributed by atoms with E-state index in [-0.39, 0.29) is 0 Å². The van der Waals surface area contributed by atoms with E-state index in [1.54, 1.807) is 14.2 Å². The van der Waals surface area contributed by atoms with Gasteiger partial charge >= 0.3 is 0 Å². The van der Waals surface area contributed by atoms with Crippen molar-refractivity contribution in [2.45, 2.75) is 45.2 Å². The summed E-state index contributed by atoms with van der Waals surface area (Å²) in [6.07, 6.45) is 2.29. The third-order valence-electron chi connectivity index (χ3n) is 4.62. The van der Waals surface area contributed by atoms with Crippen molar-refractivity contribution in [1.29, 1.82) is 0 Å². The average Bonchev–Trinajstić information content (AvgIpc) is 3.23. The normalized spacial score (nSPS) is 18.3. The molecule has 0 radical (unpaired) electrons. The lowest BCUT2D eigenvalue weighted by molar-refractivity contribution is 0.235. The molecule has 1 unspecified atom stereocenters. The number of hydrogen-bond acceptors (Lipinski definition) is 5. The van der Waals surface area contributed by atoms with E-state index in [1.165, 1.54) is 12.0 Å². The predicted molar refractivity (Wildman–Crippen MR) is 92.5 cm³/mol. The van der Waals surface area contributed by atoms with Crippen LogP contribution in [0.3, 0.4) is 0 Å². The maximum absolute atomic E-state index is 5.49. The molecule has 1 aliphatic heterocycles. The number of hydrogen-bond donors (Lipinski definition) is 0. The molecule has 0 saturated carbocycles. The molecule has 3 rings (SSSR count). The molecular weight excluding hydrogens is 304 g/mol. The summed E-state index contributed by atoms with van der Waals surface area (Å²) in [4.78, 5) is 2.45. The summed E-state index contributed by atoms with van der Waals surface area (Å²) in [5.41, 5.74) is 2.23. The molecule has 0 spiro atoms. The van der Waals surface area contributed by atoms with Crippen molar-refractivity contribution < 1.29 is 14.0 Å². The first-order chi connectivity index (χ1) is 11.6. The van der Waals surface area contributed by atoms with Crippen molar-refractivity contribution >= 4 is 0 Å². The van der Waals surface area contributed by atoms with Gasteiger partial charge in [0, 0.05) is 24.6 Å². The molecule has 1 atom stereocenters. The number of aromatic nitrogens is 1. The van der Waals surface area contributed by atoms with Crippen LogP contribution in [0.15, 0.2) is 28.8 Å². The Kier molecular flexibility index (Phi) is 5.09. The summed E-state index contributed by atoms with van der Waals surface area (Å²) in [6.45, 7) is 6.16. The third-order valence-corrected chi connectivity index (χ3v) is 4.62. The van der Waals surface area contributed by atoms with Crippen molar-refractivity contribution in [2.24, 2.45) is 0 Å². The highest BCUT2D eigenvalue weighted by atomic mass is 16.5. The number of likely N-dealkylation sites (tertiary alicyclic amines) is 1. The van der Waals surface area contributed by atoms with Crippen LogP contribution in [0.25, 0.3) is 0 Å². The van der Waals surface area contributed by atoms with Crippen LogP contribution < -0.4 is 9.47 Å². The molecule has 1 aliphatic rings. The Labute approximate surface area is 143 Å². The van der Waals surface area contributed by atoms with E-state index in [0.717, 1.165) is 42.5 Å². The second kappa shape index (κ2) is 7.26. The summed E-state index contributed by atoms with van der Waals surface area (Å²) in [5.74, 6) is 2.97. The van der Waals surface area contributed by atoms with Gasteiger partial charge in [-0.15, -0.1) is 0 Å². The number of ether oxygens (including phenoxy) is 2. The minimum Gasteiger partial charge on any atom is -0.497 e. The molecule has 0 bridgehead atoms. The molecule has 2 aromatic rings. The van der Waals surface area contributed by atoms with E-state index in [1.807, 2.05) is 6.07 Å². The molecule has 1 saturated heterocycles. The van der Waals surface area contributed by atoms with E-state index in [0.29, 0.717) is 12.0 Å². The lowest BCUT2D eigenvalue weighted by Crippen LogP contribution is -2.23. The average molecular weight is 330 g/mol. The fourth-order valence-electron chi connectivity index (χ4n) is 3.28. The number of nitrogens with zero attached hydrogens (tertiary/aromatic N) is 2. The SMILES string of the molecule is COc1cc(CN2CCCC2c2cc(C(C)C)on2)cc(OC)c1. The molecule has 24 heavy (non-hydrogen) atoms.